The van der Waals surface area contributed by atoms with Crippen LogP contribution in [0.1, 0.15) is 30.7 Å². The van der Waals surface area contributed by atoms with Crippen LogP contribution in [0.4, 0.5) is 0 Å². The summed E-state index contributed by atoms with van der Waals surface area (Å²) in [5.74, 6) is 0.0479. The monoisotopic (exact) mass is 264 g/mol. The normalized spacial score (nSPS) is 15.1. The number of aryl methyl sites for hydroxylation is 1. The lowest BCUT2D eigenvalue weighted by Gasteiger charge is -2.25. The summed E-state index contributed by atoms with van der Waals surface area (Å²) in [6, 6.07) is 0. The van der Waals surface area contributed by atoms with Crippen LogP contribution in [0.25, 0.3) is 0 Å². The van der Waals surface area contributed by atoms with Crippen molar-refractivity contribution in [3.05, 3.63) is 27.2 Å². The van der Waals surface area contributed by atoms with Crippen LogP contribution in [0.15, 0.2) is 4.79 Å². The van der Waals surface area contributed by atoms with Crippen molar-refractivity contribution in [3.63, 3.8) is 0 Å². The van der Waals surface area contributed by atoms with Crippen molar-refractivity contribution in [2.24, 2.45) is 5.92 Å². The van der Waals surface area contributed by atoms with E-state index in [2.05, 4.69) is 20.8 Å². The summed E-state index contributed by atoms with van der Waals surface area (Å²) in [5.41, 5.74) is 2.28. The Bertz CT molecular complexity index is 520. The molecule has 0 aromatic carbocycles. The molecule has 19 heavy (non-hydrogen) atoms. The van der Waals surface area contributed by atoms with E-state index in [0.29, 0.717) is 5.56 Å². The van der Waals surface area contributed by atoms with Crippen LogP contribution in [0.2, 0.25) is 0 Å². The number of carbonyl (C=O) groups excluding carboxylic acids is 1. The Balaban J connectivity index is 2.14. The maximum atomic E-state index is 11.9. The van der Waals surface area contributed by atoms with Gasteiger partial charge in [-0.3, -0.25) is 9.59 Å². The third-order valence-corrected chi connectivity index (χ3v) is 3.56. The molecule has 1 aromatic rings. The molecule has 0 spiro atoms. The van der Waals surface area contributed by atoms with Gasteiger partial charge in [0, 0.05) is 25.2 Å². The Morgan fingerprint density at radius 2 is 2.05 bits per heavy atom. The molecule has 0 aliphatic carbocycles. The first-order valence-electron chi connectivity index (χ1n) is 6.75. The number of aromatic nitrogens is 2. The van der Waals surface area contributed by atoms with Crippen LogP contribution < -0.4 is 16.2 Å². The van der Waals surface area contributed by atoms with Crippen molar-refractivity contribution < 1.29 is 4.79 Å². The number of carbonyl (C=O) groups is 1. The number of amides is 1. The summed E-state index contributed by atoms with van der Waals surface area (Å²) in [7, 11) is 0. The van der Waals surface area contributed by atoms with Crippen LogP contribution in [0, 0.1) is 5.92 Å². The molecule has 1 aliphatic heterocycles. The van der Waals surface area contributed by atoms with Crippen molar-refractivity contribution in [2.75, 3.05) is 13.1 Å². The fourth-order valence-corrected chi connectivity index (χ4v) is 2.26. The molecule has 0 unspecified atom stereocenters. The van der Waals surface area contributed by atoms with Crippen molar-refractivity contribution >= 4 is 5.91 Å². The number of hydrogen-bond donors (Lipinski definition) is 3. The van der Waals surface area contributed by atoms with E-state index in [-0.39, 0.29) is 23.9 Å². The molecule has 3 N–H and O–H groups in total. The molecule has 1 aliphatic rings. The average molecular weight is 264 g/mol. The first kappa shape index (κ1) is 13.7. The van der Waals surface area contributed by atoms with E-state index in [0.717, 1.165) is 37.2 Å². The minimum absolute atomic E-state index is 0.00932. The van der Waals surface area contributed by atoms with Crippen molar-refractivity contribution in [3.8, 4) is 0 Å². The molecule has 1 aromatic heterocycles. The van der Waals surface area contributed by atoms with Crippen LogP contribution in [-0.2, 0) is 24.2 Å². The summed E-state index contributed by atoms with van der Waals surface area (Å²) < 4.78 is 0. The van der Waals surface area contributed by atoms with Gasteiger partial charge in [0.2, 0.25) is 5.91 Å². The molecule has 0 radical (unpaired) electrons. The van der Waals surface area contributed by atoms with E-state index in [1.165, 1.54) is 0 Å². The van der Waals surface area contributed by atoms with Gasteiger partial charge in [0.25, 0.3) is 5.56 Å². The van der Waals surface area contributed by atoms with Crippen LogP contribution in [-0.4, -0.2) is 29.2 Å². The smallest absolute Gasteiger partial charge is 0.269 e. The quantitative estimate of drug-likeness (QED) is 0.683. The molecular formula is C13H20N4O2. The van der Waals surface area contributed by atoms with Gasteiger partial charge in [0.05, 0.1) is 11.6 Å². The number of nitrogens with zero attached hydrogens (tertiary/aromatic N) is 1. The summed E-state index contributed by atoms with van der Waals surface area (Å²) in [6.07, 6.45) is 1.52. The number of hydrogen-bond acceptors (Lipinski definition) is 4. The number of rotatable bonds is 5. The highest BCUT2D eigenvalue weighted by Gasteiger charge is 2.24. The second-order valence-corrected chi connectivity index (χ2v) is 4.74. The van der Waals surface area contributed by atoms with Crippen molar-refractivity contribution in [1.82, 2.24) is 20.8 Å². The maximum absolute atomic E-state index is 11.9. The maximum Gasteiger partial charge on any atom is 0.269 e. The molecule has 0 bridgehead atoms. The van der Waals surface area contributed by atoms with Crippen molar-refractivity contribution in [2.45, 2.75) is 33.2 Å². The molecule has 0 atom stereocenters. The summed E-state index contributed by atoms with van der Waals surface area (Å²) >= 11 is 0. The van der Waals surface area contributed by atoms with Gasteiger partial charge in [-0.15, -0.1) is 0 Å². The van der Waals surface area contributed by atoms with E-state index in [4.69, 9.17) is 0 Å². The van der Waals surface area contributed by atoms with Gasteiger partial charge in [-0.1, -0.05) is 13.8 Å². The Morgan fingerprint density at radius 1 is 1.32 bits per heavy atom. The van der Waals surface area contributed by atoms with Gasteiger partial charge < -0.3 is 10.6 Å². The van der Waals surface area contributed by atoms with Gasteiger partial charge in [0.1, 0.15) is 0 Å². The second kappa shape index (κ2) is 5.97. The molecule has 6 nitrogen and oxygen atoms in total. The molecule has 1 saturated heterocycles. The van der Waals surface area contributed by atoms with Gasteiger partial charge in [-0.2, -0.15) is 5.10 Å². The SMILES string of the molecule is CCc1n[nH]c(=O)c(CNC(=O)C2CNC2)c1CC. The van der Waals surface area contributed by atoms with E-state index < -0.39 is 0 Å². The number of H-pyrrole nitrogens is 1. The van der Waals surface area contributed by atoms with E-state index >= 15 is 0 Å². The van der Waals surface area contributed by atoms with E-state index in [1.54, 1.807) is 0 Å². The molecule has 0 saturated carbocycles. The number of nitrogens with one attached hydrogen (secondary N) is 3. The molecule has 6 heteroatoms. The van der Waals surface area contributed by atoms with Crippen LogP contribution >= 0.6 is 0 Å². The fourth-order valence-electron chi connectivity index (χ4n) is 2.26. The van der Waals surface area contributed by atoms with Crippen LogP contribution in [0.3, 0.4) is 0 Å². The summed E-state index contributed by atoms with van der Waals surface area (Å²) in [5, 5.41) is 12.5. The zero-order chi connectivity index (χ0) is 13.8. The average Bonchev–Trinajstić information content (AvgIpc) is 2.34. The first-order chi connectivity index (χ1) is 9.17. The largest absolute Gasteiger partial charge is 0.351 e. The third-order valence-electron chi connectivity index (χ3n) is 3.56. The van der Waals surface area contributed by atoms with Gasteiger partial charge in [0.15, 0.2) is 0 Å². The van der Waals surface area contributed by atoms with Crippen LogP contribution in [0.5, 0.6) is 0 Å². The van der Waals surface area contributed by atoms with E-state index in [9.17, 15) is 9.59 Å². The third kappa shape index (κ3) is 2.84. The Hall–Kier alpha value is -1.69. The predicted octanol–water partition coefficient (Wildman–Crippen LogP) is -0.270. The Morgan fingerprint density at radius 3 is 2.58 bits per heavy atom. The second-order valence-electron chi connectivity index (χ2n) is 4.74. The summed E-state index contributed by atoms with van der Waals surface area (Å²) in [6.45, 7) is 5.72. The molecule has 2 rings (SSSR count). The van der Waals surface area contributed by atoms with Gasteiger partial charge in [-0.05, 0) is 18.4 Å². The molecular weight excluding hydrogens is 244 g/mol. The predicted molar refractivity (Wildman–Crippen MR) is 71.8 cm³/mol. The Kier molecular flexibility index (Phi) is 4.31. The lowest BCUT2D eigenvalue weighted by atomic mass is 10.0. The van der Waals surface area contributed by atoms with E-state index in [1.807, 2.05) is 13.8 Å². The lowest BCUT2D eigenvalue weighted by Crippen LogP contribution is -2.50. The zero-order valence-electron chi connectivity index (χ0n) is 11.4. The lowest BCUT2D eigenvalue weighted by molar-refractivity contribution is -0.126. The van der Waals surface area contributed by atoms with Crippen molar-refractivity contribution in [1.29, 1.82) is 0 Å². The number of aromatic amines is 1. The minimum atomic E-state index is -0.207. The highest BCUT2D eigenvalue weighted by atomic mass is 16.2. The highest BCUT2D eigenvalue weighted by molar-refractivity contribution is 5.80. The molecule has 104 valence electrons. The Labute approximate surface area is 112 Å². The standard InChI is InChI=1S/C13H20N4O2/c1-3-9-10(13(19)17-16-11(9)4-2)7-15-12(18)8-5-14-6-8/h8,14H,3-7H2,1-2H3,(H,15,18)(H,17,19). The molecule has 2 heterocycles. The zero-order valence-corrected chi connectivity index (χ0v) is 11.4. The first-order valence-corrected chi connectivity index (χ1v) is 6.75. The fraction of sp³-hybridized carbons (Fsp3) is 0.615. The summed E-state index contributed by atoms with van der Waals surface area (Å²) in [4.78, 5) is 23.6. The minimum Gasteiger partial charge on any atom is -0.351 e. The topological polar surface area (TPSA) is 86.9 Å². The molecule has 1 amide bonds. The van der Waals surface area contributed by atoms with Gasteiger partial charge in [-0.25, -0.2) is 5.10 Å². The molecule has 1 fully saturated rings. The van der Waals surface area contributed by atoms with Gasteiger partial charge >= 0.3 is 0 Å². The highest BCUT2D eigenvalue weighted by Crippen LogP contribution is 2.10.